The van der Waals surface area contributed by atoms with Crippen molar-refractivity contribution in [2.24, 2.45) is 0 Å². The summed E-state index contributed by atoms with van der Waals surface area (Å²) in [4.78, 5) is 12.1. The Hall–Kier alpha value is -3.38. The zero-order chi connectivity index (χ0) is 20.9. The van der Waals surface area contributed by atoms with Gasteiger partial charge in [0, 0.05) is 6.07 Å². The summed E-state index contributed by atoms with van der Waals surface area (Å²) in [6.45, 7) is 1.76. The van der Waals surface area contributed by atoms with Crippen molar-refractivity contribution >= 4 is 34.4 Å². The molecule has 0 saturated heterocycles. The second kappa shape index (κ2) is 8.75. The summed E-state index contributed by atoms with van der Waals surface area (Å²) in [6, 6.07) is 20.9. The lowest BCUT2D eigenvalue weighted by molar-refractivity contribution is 0.267. The van der Waals surface area contributed by atoms with Crippen LogP contribution in [0.2, 0.25) is 0 Å². The number of aryl methyl sites for hydroxylation is 1. The van der Waals surface area contributed by atoms with Crippen LogP contribution >= 0.6 is 0 Å². The van der Waals surface area contributed by atoms with Gasteiger partial charge in [-0.25, -0.2) is 0 Å². The third-order valence-electron chi connectivity index (χ3n) is 4.02. The van der Waals surface area contributed by atoms with Gasteiger partial charge in [0.2, 0.25) is 0 Å². The Morgan fingerprint density at radius 1 is 0.793 bits per heavy atom. The molecule has 0 N–H and O–H groups in total. The topological polar surface area (TPSA) is 65.4 Å². The fourth-order valence-corrected chi connectivity index (χ4v) is 3.13. The normalized spacial score (nSPS) is 11.9. The molecule has 0 aliphatic rings. The number of nitrogens with zero attached hydrogens (tertiary/aromatic N) is 1. The monoisotopic (exact) mass is 407 g/mol. The smallest absolute Gasteiger partial charge is 0.284 e. The fourth-order valence-electron chi connectivity index (χ4n) is 2.70. The van der Waals surface area contributed by atoms with Gasteiger partial charge in [0.1, 0.15) is 0 Å². The first-order chi connectivity index (χ1) is 13.8. The van der Waals surface area contributed by atoms with Crippen LogP contribution in [0.15, 0.2) is 71.5 Å². The van der Waals surface area contributed by atoms with E-state index in [4.69, 9.17) is 4.28 Å². The first-order valence-electron chi connectivity index (χ1n) is 8.95. The quantitative estimate of drug-likeness (QED) is 0.582. The molecule has 0 aliphatic carbocycles. The number of hydrogen-bond acceptors (Lipinski definition) is 4. The lowest BCUT2D eigenvalue weighted by atomic mass is 10.1. The van der Waals surface area contributed by atoms with Crippen LogP contribution in [-0.2, 0) is 10.1 Å². The minimum Gasteiger partial charge on any atom is -0.284 e. The number of hydrogen-bond donors (Lipinski definition) is 0. The fraction of sp³-hybridized carbons (Fsp3) is 0.0870. The van der Waals surface area contributed by atoms with Crippen LogP contribution in [0.4, 0.5) is 0 Å². The molecule has 2 aromatic carbocycles. The van der Waals surface area contributed by atoms with Crippen LogP contribution in [-0.4, -0.2) is 19.4 Å². The van der Waals surface area contributed by atoms with E-state index in [-0.39, 0.29) is 0 Å². The van der Waals surface area contributed by atoms with Crippen LogP contribution in [0.25, 0.3) is 24.3 Å². The SMILES string of the molecule is Cc1cc(C=Cc2ccc(C=Cc3ccccc3)cc2)n(OS(C)(=O)=O)c(=O)c1. The molecule has 0 radical (unpaired) electrons. The maximum absolute atomic E-state index is 12.1. The molecule has 0 aliphatic heterocycles. The minimum absolute atomic E-state index is 0.341. The van der Waals surface area contributed by atoms with Gasteiger partial charge in [0.15, 0.2) is 0 Å². The zero-order valence-electron chi connectivity index (χ0n) is 16.1. The second-order valence-electron chi connectivity index (χ2n) is 6.61. The summed E-state index contributed by atoms with van der Waals surface area (Å²) >= 11 is 0. The highest BCUT2D eigenvalue weighted by Crippen LogP contribution is 2.13. The molecule has 6 heteroatoms. The molecule has 0 fully saturated rings. The molecule has 5 nitrogen and oxygen atoms in total. The van der Waals surface area contributed by atoms with Gasteiger partial charge in [0.25, 0.3) is 5.56 Å². The maximum Gasteiger partial charge on any atom is 0.324 e. The Bertz CT molecular complexity index is 1210. The van der Waals surface area contributed by atoms with Crippen LogP contribution in [0, 0.1) is 6.92 Å². The third kappa shape index (κ3) is 6.05. The lowest BCUT2D eigenvalue weighted by Gasteiger charge is -2.09. The van der Waals surface area contributed by atoms with E-state index in [1.165, 1.54) is 6.07 Å². The van der Waals surface area contributed by atoms with E-state index in [0.717, 1.165) is 27.7 Å². The highest BCUT2D eigenvalue weighted by molar-refractivity contribution is 7.86. The molecule has 0 amide bonds. The number of rotatable bonds is 6. The summed E-state index contributed by atoms with van der Waals surface area (Å²) in [5.41, 5.74) is 3.59. The van der Waals surface area contributed by atoms with E-state index < -0.39 is 15.7 Å². The Morgan fingerprint density at radius 3 is 1.86 bits per heavy atom. The molecule has 148 valence electrons. The molecular weight excluding hydrogens is 386 g/mol. The van der Waals surface area contributed by atoms with Crippen LogP contribution in [0.5, 0.6) is 0 Å². The number of pyridine rings is 1. The van der Waals surface area contributed by atoms with Crippen molar-refractivity contribution in [1.82, 2.24) is 4.73 Å². The molecule has 1 heterocycles. The molecule has 1 aromatic heterocycles. The molecule has 0 atom stereocenters. The molecule has 0 spiro atoms. The molecule has 29 heavy (non-hydrogen) atoms. The summed E-state index contributed by atoms with van der Waals surface area (Å²) < 4.78 is 28.5. The minimum atomic E-state index is -3.83. The number of aromatic nitrogens is 1. The first kappa shape index (κ1) is 20.4. The average molecular weight is 407 g/mol. The summed E-state index contributed by atoms with van der Waals surface area (Å²) in [5.74, 6) is 0. The first-order valence-corrected chi connectivity index (χ1v) is 10.8. The molecule has 0 bridgehead atoms. The van der Waals surface area contributed by atoms with E-state index >= 15 is 0 Å². The molecule has 3 aromatic rings. The molecule has 0 unspecified atom stereocenters. The van der Waals surface area contributed by atoms with Gasteiger partial charge in [-0.05, 0) is 41.3 Å². The Kier molecular flexibility index (Phi) is 6.14. The number of benzene rings is 2. The highest BCUT2D eigenvalue weighted by atomic mass is 32.2. The highest BCUT2D eigenvalue weighted by Gasteiger charge is 2.10. The Balaban J connectivity index is 1.81. The summed E-state index contributed by atoms with van der Waals surface area (Å²) in [6.07, 6.45) is 8.41. The van der Waals surface area contributed by atoms with Gasteiger partial charge in [-0.2, -0.15) is 8.42 Å². The van der Waals surface area contributed by atoms with Crippen molar-refractivity contribution in [3.8, 4) is 0 Å². The van der Waals surface area contributed by atoms with Crippen molar-refractivity contribution in [3.63, 3.8) is 0 Å². The van der Waals surface area contributed by atoms with E-state index in [1.807, 2.05) is 66.7 Å². The van der Waals surface area contributed by atoms with Crippen LogP contribution in [0.1, 0.15) is 27.9 Å². The second-order valence-corrected chi connectivity index (χ2v) is 8.17. The predicted molar refractivity (Wildman–Crippen MR) is 118 cm³/mol. The van der Waals surface area contributed by atoms with Crippen molar-refractivity contribution in [3.05, 3.63) is 105 Å². The van der Waals surface area contributed by atoms with Gasteiger partial charge >= 0.3 is 10.1 Å². The molecule has 0 saturated carbocycles. The predicted octanol–water partition coefficient (Wildman–Crippen LogP) is 3.89. The zero-order valence-corrected chi connectivity index (χ0v) is 17.0. The van der Waals surface area contributed by atoms with E-state index in [0.29, 0.717) is 11.3 Å². The molecule has 3 rings (SSSR count). The van der Waals surface area contributed by atoms with Crippen LogP contribution < -0.4 is 9.84 Å². The van der Waals surface area contributed by atoms with Gasteiger partial charge in [-0.1, -0.05) is 72.8 Å². The van der Waals surface area contributed by atoms with Gasteiger partial charge in [-0.3, -0.25) is 9.08 Å². The van der Waals surface area contributed by atoms with Gasteiger partial charge in [-0.15, -0.1) is 4.73 Å². The third-order valence-corrected chi connectivity index (χ3v) is 4.44. The van der Waals surface area contributed by atoms with Crippen molar-refractivity contribution in [2.45, 2.75) is 6.92 Å². The summed E-state index contributed by atoms with van der Waals surface area (Å²) in [5, 5.41) is 0. The van der Waals surface area contributed by atoms with Gasteiger partial charge < -0.3 is 0 Å². The van der Waals surface area contributed by atoms with Crippen molar-refractivity contribution in [1.29, 1.82) is 0 Å². The van der Waals surface area contributed by atoms with Gasteiger partial charge in [0.05, 0.1) is 11.9 Å². The van der Waals surface area contributed by atoms with Crippen molar-refractivity contribution < 1.29 is 12.7 Å². The lowest BCUT2D eigenvalue weighted by Crippen LogP contribution is -2.31. The standard InChI is InChI=1S/C23H21NO4S/c1-18-16-22(24(23(25)17-18)28-29(2,26)27)15-14-21-12-10-20(11-13-21)9-8-19-6-4-3-5-7-19/h3-17H,1-2H3. The Morgan fingerprint density at radius 2 is 1.31 bits per heavy atom. The van der Waals surface area contributed by atoms with Crippen LogP contribution in [0.3, 0.4) is 0 Å². The largest absolute Gasteiger partial charge is 0.324 e. The van der Waals surface area contributed by atoms with E-state index in [2.05, 4.69) is 0 Å². The van der Waals surface area contributed by atoms with E-state index in [9.17, 15) is 13.2 Å². The molecular formula is C23H21NO4S. The van der Waals surface area contributed by atoms with E-state index in [1.54, 1.807) is 25.1 Å². The average Bonchev–Trinajstić information content (AvgIpc) is 2.68. The maximum atomic E-state index is 12.1. The van der Waals surface area contributed by atoms with Crippen molar-refractivity contribution in [2.75, 3.05) is 6.26 Å². The summed E-state index contributed by atoms with van der Waals surface area (Å²) in [7, 11) is -3.83. The Labute approximate surface area is 170 Å².